The Labute approximate surface area is 191 Å². The van der Waals surface area contributed by atoms with Crippen LogP contribution in [0.3, 0.4) is 0 Å². The van der Waals surface area contributed by atoms with Gasteiger partial charge in [0.1, 0.15) is 0 Å². The van der Waals surface area contributed by atoms with Crippen molar-refractivity contribution in [3.8, 4) is 0 Å². The number of hydrogen-bond acceptors (Lipinski definition) is 1. The Morgan fingerprint density at radius 3 is 2.29 bits per heavy atom. The van der Waals surface area contributed by atoms with Gasteiger partial charge in [-0.25, -0.2) is 0 Å². The predicted octanol–water partition coefficient (Wildman–Crippen LogP) is 7.04. The molecule has 2 aromatic carbocycles. The third-order valence-corrected chi connectivity index (χ3v) is 9.14. The molecule has 0 radical (unpaired) electrons. The number of nitrogens with zero attached hydrogens (tertiary/aromatic N) is 1. The van der Waals surface area contributed by atoms with Crippen LogP contribution < -0.4 is 5.32 Å². The summed E-state index contributed by atoms with van der Waals surface area (Å²) in [4.78, 5) is 0. The van der Waals surface area contributed by atoms with E-state index in [1.54, 1.807) is 0 Å². The van der Waals surface area contributed by atoms with E-state index in [1.165, 1.54) is 60.6 Å². The minimum absolute atomic E-state index is 0.546. The van der Waals surface area contributed by atoms with Crippen LogP contribution >= 0.6 is 11.6 Å². The highest BCUT2D eigenvalue weighted by molar-refractivity contribution is 6.31. The van der Waals surface area contributed by atoms with Gasteiger partial charge in [0.15, 0.2) is 0 Å². The first-order valence-corrected chi connectivity index (χ1v) is 12.5. The topological polar surface area (TPSA) is 17.0 Å². The van der Waals surface area contributed by atoms with Crippen molar-refractivity contribution in [1.29, 1.82) is 0 Å². The maximum atomic E-state index is 6.46. The number of fused-ring (bicyclic) bond motifs is 1. The molecule has 2 nitrogen and oxygen atoms in total. The summed E-state index contributed by atoms with van der Waals surface area (Å²) in [6.07, 6.45) is 11.3. The molecule has 4 saturated carbocycles. The fraction of sp³-hybridized carbons (Fsp3) is 0.500. The zero-order valence-corrected chi connectivity index (χ0v) is 19.2. The average Bonchev–Trinajstić information content (AvgIpc) is 3.10. The largest absolute Gasteiger partial charge is 0.343 e. The van der Waals surface area contributed by atoms with E-state index in [4.69, 9.17) is 11.6 Å². The summed E-state index contributed by atoms with van der Waals surface area (Å²) in [5.41, 5.74) is 4.41. The van der Waals surface area contributed by atoms with Crippen LogP contribution in [-0.2, 0) is 13.1 Å². The Balaban J connectivity index is 1.23. The van der Waals surface area contributed by atoms with Crippen LogP contribution in [0.2, 0.25) is 5.02 Å². The highest BCUT2D eigenvalue weighted by atomic mass is 35.5. The molecule has 4 aliphatic rings. The molecule has 7 rings (SSSR count). The van der Waals surface area contributed by atoms with Gasteiger partial charge in [-0.1, -0.05) is 48.0 Å². The lowest BCUT2D eigenvalue weighted by Crippen LogP contribution is -2.54. The molecule has 1 heterocycles. The normalized spacial score (nSPS) is 30.2. The van der Waals surface area contributed by atoms with Crippen LogP contribution in [0.25, 0.3) is 10.9 Å². The second kappa shape index (κ2) is 7.67. The van der Waals surface area contributed by atoms with E-state index in [2.05, 4.69) is 59.4 Å². The smallest absolute Gasteiger partial charge is 0.0491 e. The highest BCUT2D eigenvalue weighted by Gasteiger charge is 2.52. The monoisotopic (exact) mass is 432 g/mol. The number of nitrogens with one attached hydrogen (secondary N) is 1. The molecule has 3 aromatic rings. The molecule has 3 heteroatoms. The van der Waals surface area contributed by atoms with Crippen LogP contribution in [0.4, 0.5) is 0 Å². The number of hydrogen-bond donors (Lipinski definition) is 1. The molecule has 4 fully saturated rings. The Morgan fingerprint density at radius 2 is 1.58 bits per heavy atom. The van der Waals surface area contributed by atoms with Gasteiger partial charge in [0.2, 0.25) is 0 Å². The van der Waals surface area contributed by atoms with Gasteiger partial charge >= 0.3 is 0 Å². The molecule has 0 saturated heterocycles. The lowest BCUT2D eigenvalue weighted by molar-refractivity contribution is -0.0706. The van der Waals surface area contributed by atoms with Crippen LogP contribution in [0.1, 0.15) is 56.6 Å². The molecule has 162 valence electrons. The van der Waals surface area contributed by atoms with E-state index in [1.807, 2.05) is 12.1 Å². The number of halogens is 1. The third-order valence-electron chi connectivity index (χ3n) is 8.77. The van der Waals surface area contributed by atoms with Gasteiger partial charge in [0, 0.05) is 41.3 Å². The summed E-state index contributed by atoms with van der Waals surface area (Å²) < 4.78 is 2.36. The lowest BCUT2D eigenvalue weighted by atomic mass is 9.48. The summed E-state index contributed by atoms with van der Waals surface area (Å²) in [6, 6.07) is 17.6. The van der Waals surface area contributed by atoms with E-state index in [0.29, 0.717) is 11.5 Å². The average molecular weight is 433 g/mol. The highest BCUT2D eigenvalue weighted by Crippen LogP contribution is 2.61. The van der Waals surface area contributed by atoms with Crippen molar-refractivity contribution in [2.75, 3.05) is 0 Å². The molecule has 1 aromatic heterocycles. The van der Waals surface area contributed by atoms with Crippen molar-refractivity contribution in [1.82, 2.24) is 9.88 Å². The van der Waals surface area contributed by atoms with Crippen molar-refractivity contribution < 1.29 is 0 Å². The SMILES string of the molecule is C[C@@H](NCc1cn(Cc2ccccc2Cl)c2ccccc12)C12CC3CC(CC(C3)C1)C2. The van der Waals surface area contributed by atoms with Crippen molar-refractivity contribution in [3.63, 3.8) is 0 Å². The first-order valence-electron chi connectivity index (χ1n) is 12.1. The van der Waals surface area contributed by atoms with Crippen molar-refractivity contribution >= 4 is 22.5 Å². The van der Waals surface area contributed by atoms with Gasteiger partial charge in [-0.3, -0.25) is 0 Å². The quantitative estimate of drug-likeness (QED) is 0.442. The van der Waals surface area contributed by atoms with Crippen LogP contribution in [0.5, 0.6) is 0 Å². The predicted molar refractivity (Wildman–Crippen MR) is 129 cm³/mol. The summed E-state index contributed by atoms with van der Waals surface area (Å²) >= 11 is 6.46. The van der Waals surface area contributed by atoms with Crippen LogP contribution in [-0.4, -0.2) is 10.6 Å². The molecule has 4 aliphatic carbocycles. The summed E-state index contributed by atoms with van der Waals surface area (Å²) in [6.45, 7) is 4.22. The van der Waals surface area contributed by atoms with Crippen molar-refractivity contribution in [2.24, 2.45) is 23.2 Å². The van der Waals surface area contributed by atoms with Gasteiger partial charge < -0.3 is 9.88 Å². The lowest BCUT2D eigenvalue weighted by Gasteiger charge is -2.59. The number of aromatic nitrogens is 1. The molecule has 4 bridgehead atoms. The summed E-state index contributed by atoms with van der Waals surface area (Å²) in [7, 11) is 0. The number of rotatable bonds is 6. The number of benzene rings is 2. The van der Waals surface area contributed by atoms with E-state index in [-0.39, 0.29) is 0 Å². The maximum absolute atomic E-state index is 6.46. The van der Waals surface area contributed by atoms with Gasteiger partial charge in [0.25, 0.3) is 0 Å². The zero-order chi connectivity index (χ0) is 21.0. The summed E-state index contributed by atoms with van der Waals surface area (Å²) in [5, 5.41) is 6.20. The Morgan fingerprint density at radius 1 is 0.935 bits per heavy atom. The van der Waals surface area contributed by atoms with Crippen LogP contribution in [0, 0.1) is 23.2 Å². The van der Waals surface area contributed by atoms with Gasteiger partial charge in [-0.05, 0) is 91.9 Å². The second-order valence-electron chi connectivity index (χ2n) is 10.8. The van der Waals surface area contributed by atoms with Gasteiger partial charge in [0.05, 0.1) is 0 Å². The molecule has 31 heavy (non-hydrogen) atoms. The Hall–Kier alpha value is -1.77. The van der Waals surface area contributed by atoms with E-state index < -0.39 is 0 Å². The molecular weight excluding hydrogens is 400 g/mol. The minimum Gasteiger partial charge on any atom is -0.343 e. The Bertz CT molecular complexity index is 1060. The van der Waals surface area contributed by atoms with Crippen molar-refractivity contribution in [3.05, 3.63) is 70.9 Å². The third kappa shape index (κ3) is 3.52. The first kappa shape index (κ1) is 19.9. The molecule has 1 N–H and O–H groups in total. The maximum Gasteiger partial charge on any atom is 0.0491 e. The van der Waals surface area contributed by atoms with Crippen molar-refractivity contribution in [2.45, 2.75) is 64.6 Å². The molecule has 0 amide bonds. The fourth-order valence-corrected chi connectivity index (χ4v) is 7.79. The van der Waals surface area contributed by atoms with Gasteiger partial charge in [-0.2, -0.15) is 0 Å². The van der Waals surface area contributed by atoms with E-state index in [9.17, 15) is 0 Å². The summed E-state index contributed by atoms with van der Waals surface area (Å²) in [5.74, 6) is 3.02. The standard InChI is InChI=1S/C28H33ClN2/c1-19(28-13-20-10-21(14-28)12-22(11-20)15-28)30-16-24-18-31(27-9-5-3-7-25(24)27)17-23-6-2-4-8-26(23)29/h2-9,18-22,30H,10-17H2,1H3/t19-,20?,21?,22?,28?/m1/s1. The molecule has 0 aliphatic heterocycles. The van der Waals surface area contributed by atoms with Gasteiger partial charge in [-0.15, -0.1) is 0 Å². The van der Waals surface area contributed by atoms with E-state index in [0.717, 1.165) is 35.9 Å². The fourth-order valence-electron chi connectivity index (χ4n) is 7.59. The number of para-hydroxylation sites is 1. The first-order chi connectivity index (χ1) is 15.1. The molecular formula is C28H33ClN2. The van der Waals surface area contributed by atoms with Crippen LogP contribution in [0.15, 0.2) is 54.7 Å². The second-order valence-corrected chi connectivity index (χ2v) is 11.2. The molecule has 1 atom stereocenters. The minimum atomic E-state index is 0.546. The molecule has 0 spiro atoms. The molecule has 0 unspecified atom stereocenters. The van der Waals surface area contributed by atoms with E-state index >= 15 is 0 Å². The zero-order valence-electron chi connectivity index (χ0n) is 18.5. The Kier molecular flexibility index (Phi) is 4.92.